The molecule has 0 radical (unpaired) electrons. The van der Waals surface area contributed by atoms with Crippen molar-refractivity contribution < 1.29 is 28.6 Å². The minimum Gasteiger partial charge on any atom is -0.486 e. The number of cyclic esters (lactones) is 1. The predicted molar refractivity (Wildman–Crippen MR) is 91.0 cm³/mol. The van der Waals surface area contributed by atoms with Gasteiger partial charge in [0.1, 0.15) is 24.5 Å². The standard InChI is InChI=1S/C17H16N2O6S/c1-11-18-12(10-26-11)8-24-14-5-3-2-4-13(14)16(21)25-9-15(20)19-6-7-23-17(19)22/h2-5,10H,6-9H2,1H3. The van der Waals surface area contributed by atoms with Crippen molar-refractivity contribution >= 4 is 29.3 Å². The number of ether oxygens (including phenoxy) is 3. The van der Waals surface area contributed by atoms with Crippen molar-refractivity contribution in [1.82, 2.24) is 9.88 Å². The molecule has 9 heteroatoms. The van der Waals surface area contributed by atoms with E-state index < -0.39 is 24.6 Å². The van der Waals surface area contributed by atoms with Crippen molar-refractivity contribution in [2.45, 2.75) is 13.5 Å². The summed E-state index contributed by atoms with van der Waals surface area (Å²) in [5, 5.41) is 2.81. The maximum Gasteiger partial charge on any atom is 0.416 e. The van der Waals surface area contributed by atoms with Crippen LogP contribution in [0.25, 0.3) is 0 Å². The van der Waals surface area contributed by atoms with Crippen LogP contribution in [0.3, 0.4) is 0 Å². The van der Waals surface area contributed by atoms with Gasteiger partial charge in [-0.1, -0.05) is 12.1 Å². The average Bonchev–Trinajstić information content (AvgIpc) is 3.26. The first kappa shape index (κ1) is 17.9. The van der Waals surface area contributed by atoms with E-state index in [0.717, 1.165) is 15.6 Å². The van der Waals surface area contributed by atoms with Gasteiger partial charge in [0, 0.05) is 5.38 Å². The zero-order valence-electron chi connectivity index (χ0n) is 14.0. The van der Waals surface area contributed by atoms with Gasteiger partial charge in [-0.05, 0) is 19.1 Å². The summed E-state index contributed by atoms with van der Waals surface area (Å²) in [5.41, 5.74) is 0.953. The summed E-state index contributed by atoms with van der Waals surface area (Å²) in [6.07, 6.45) is -0.728. The Morgan fingerprint density at radius 2 is 2.15 bits per heavy atom. The van der Waals surface area contributed by atoms with Gasteiger partial charge in [-0.2, -0.15) is 0 Å². The SMILES string of the molecule is Cc1nc(COc2ccccc2C(=O)OCC(=O)N2CCOC2=O)cs1. The first-order valence-corrected chi connectivity index (χ1v) is 8.69. The highest BCUT2D eigenvalue weighted by Crippen LogP contribution is 2.21. The van der Waals surface area contributed by atoms with E-state index in [2.05, 4.69) is 9.72 Å². The molecule has 0 unspecified atom stereocenters. The highest BCUT2D eigenvalue weighted by Gasteiger charge is 2.29. The normalized spacial score (nSPS) is 13.4. The number of amides is 2. The van der Waals surface area contributed by atoms with Gasteiger partial charge in [0.25, 0.3) is 5.91 Å². The van der Waals surface area contributed by atoms with Crippen LogP contribution in [0, 0.1) is 6.92 Å². The largest absolute Gasteiger partial charge is 0.486 e. The molecule has 0 spiro atoms. The molecule has 1 aliphatic heterocycles. The molecule has 1 fully saturated rings. The molecule has 8 nitrogen and oxygen atoms in total. The van der Waals surface area contributed by atoms with Crippen LogP contribution >= 0.6 is 11.3 Å². The van der Waals surface area contributed by atoms with Crippen LogP contribution < -0.4 is 4.74 Å². The Morgan fingerprint density at radius 1 is 1.35 bits per heavy atom. The fourth-order valence-corrected chi connectivity index (χ4v) is 2.89. The Balaban J connectivity index is 1.60. The number of carbonyl (C=O) groups is 3. The molecule has 2 heterocycles. The maximum atomic E-state index is 12.3. The second-order valence-corrected chi connectivity index (χ2v) is 6.44. The fraction of sp³-hybridized carbons (Fsp3) is 0.294. The minimum absolute atomic E-state index is 0.144. The van der Waals surface area contributed by atoms with Crippen molar-refractivity contribution in [2.24, 2.45) is 0 Å². The summed E-state index contributed by atoms with van der Waals surface area (Å²) < 4.78 is 15.3. The Morgan fingerprint density at radius 3 is 2.85 bits per heavy atom. The maximum absolute atomic E-state index is 12.3. The minimum atomic E-state index is -0.728. The average molecular weight is 376 g/mol. The molecule has 0 atom stereocenters. The number of hydrogen-bond donors (Lipinski definition) is 0. The Hall–Kier alpha value is -2.94. The van der Waals surface area contributed by atoms with E-state index in [1.165, 1.54) is 11.3 Å². The molecule has 0 saturated carbocycles. The summed E-state index contributed by atoms with van der Waals surface area (Å²) in [6.45, 7) is 1.86. The summed E-state index contributed by atoms with van der Waals surface area (Å²) >= 11 is 1.51. The Bertz CT molecular complexity index is 834. The number of aromatic nitrogens is 1. The highest BCUT2D eigenvalue weighted by molar-refractivity contribution is 7.09. The van der Waals surface area contributed by atoms with Crippen molar-refractivity contribution in [3.63, 3.8) is 0 Å². The Labute approximate surface area is 153 Å². The number of para-hydroxylation sites is 1. The van der Waals surface area contributed by atoms with Crippen LogP contribution in [0.4, 0.5) is 4.79 Å². The van der Waals surface area contributed by atoms with Gasteiger partial charge in [0.05, 0.1) is 17.2 Å². The van der Waals surface area contributed by atoms with Crippen molar-refractivity contribution in [1.29, 1.82) is 0 Å². The molecule has 0 N–H and O–H groups in total. The van der Waals surface area contributed by atoms with Crippen LogP contribution in [-0.4, -0.2) is 47.6 Å². The topological polar surface area (TPSA) is 95.0 Å². The van der Waals surface area contributed by atoms with Gasteiger partial charge < -0.3 is 14.2 Å². The molecule has 0 bridgehead atoms. The second-order valence-electron chi connectivity index (χ2n) is 5.38. The fourth-order valence-electron chi connectivity index (χ4n) is 2.29. The van der Waals surface area contributed by atoms with Crippen LogP contribution in [0.5, 0.6) is 5.75 Å². The lowest BCUT2D eigenvalue weighted by Crippen LogP contribution is -2.35. The molecular weight excluding hydrogens is 360 g/mol. The third-order valence-corrected chi connectivity index (χ3v) is 4.36. The Kier molecular flexibility index (Phi) is 5.47. The first-order chi connectivity index (χ1) is 12.5. The molecule has 3 rings (SSSR count). The van der Waals surface area contributed by atoms with Gasteiger partial charge >= 0.3 is 12.1 Å². The number of rotatable bonds is 6. The molecule has 1 saturated heterocycles. The van der Waals surface area contributed by atoms with Crippen molar-refractivity contribution in [3.05, 3.63) is 45.9 Å². The van der Waals surface area contributed by atoms with E-state index in [9.17, 15) is 14.4 Å². The van der Waals surface area contributed by atoms with E-state index in [0.29, 0.717) is 5.75 Å². The number of nitrogens with zero attached hydrogens (tertiary/aromatic N) is 2. The highest BCUT2D eigenvalue weighted by atomic mass is 32.1. The third kappa shape index (κ3) is 4.17. The number of aryl methyl sites for hydroxylation is 1. The lowest BCUT2D eigenvalue weighted by Gasteiger charge is -2.12. The van der Waals surface area contributed by atoms with Crippen LogP contribution in [0.1, 0.15) is 21.1 Å². The van der Waals surface area contributed by atoms with E-state index in [1.807, 2.05) is 12.3 Å². The van der Waals surface area contributed by atoms with Crippen LogP contribution in [0.15, 0.2) is 29.6 Å². The van der Waals surface area contributed by atoms with Gasteiger partial charge in [-0.15, -0.1) is 11.3 Å². The number of thiazole rings is 1. The van der Waals surface area contributed by atoms with E-state index in [-0.39, 0.29) is 25.3 Å². The smallest absolute Gasteiger partial charge is 0.416 e. The number of hydrogen-bond acceptors (Lipinski definition) is 8. The molecule has 136 valence electrons. The summed E-state index contributed by atoms with van der Waals surface area (Å²) in [5.74, 6) is -1.01. The molecule has 0 aliphatic carbocycles. The number of esters is 1. The number of carbonyl (C=O) groups excluding carboxylic acids is 3. The van der Waals surface area contributed by atoms with E-state index in [4.69, 9.17) is 9.47 Å². The van der Waals surface area contributed by atoms with Crippen LogP contribution in [0.2, 0.25) is 0 Å². The number of imide groups is 1. The van der Waals surface area contributed by atoms with Crippen molar-refractivity contribution in [3.8, 4) is 5.75 Å². The summed E-state index contributed by atoms with van der Waals surface area (Å²) in [4.78, 5) is 40.7. The lowest BCUT2D eigenvalue weighted by molar-refractivity contribution is -0.131. The molecule has 1 aromatic carbocycles. The molecule has 2 amide bonds. The second kappa shape index (κ2) is 7.96. The van der Waals surface area contributed by atoms with E-state index >= 15 is 0 Å². The molecular formula is C17H16N2O6S. The summed E-state index contributed by atoms with van der Waals surface area (Å²) in [7, 11) is 0. The monoisotopic (exact) mass is 376 g/mol. The van der Waals surface area contributed by atoms with Crippen molar-refractivity contribution in [2.75, 3.05) is 19.8 Å². The van der Waals surface area contributed by atoms with Gasteiger partial charge in [0.15, 0.2) is 6.61 Å². The van der Waals surface area contributed by atoms with E-state index in [1.54, 1.807) is 24.3 Å². The third-order valence-electron chi connectivity index (χ3n) is 3.54. The van der Waals surface area contributed by atoms with Crippen LogP contribution in [-0.2, 0) is 20.9 Å². The molecule has 2 aromatic rings. The van der Waals surface area contributed by atoms with Gasteiger partial charge in [-0.25, -0.2) is 19.5 Å². The number of benzene rings is 1. The zero-order chi connectivity index (χ0) is 18.5. The molecule has 1 aliphatic rings. The van der Waals surface area contributed by atoms with Gasteiger partial charge in [0.2, 0.25) is 0 Å². The quantitative estimate of drug-likeness (QED) is 0.713. The summed E-state index contributed by atoms with van der Waals surface area (Å²) in [6, 6.07) is 6.56. The molecule has 1 aromatic heterocycles. The zero-order valence-corrected chi connectivity index (χ0v) is 14.8. The first-order valence-electron chi connectivity index (χ1n) is 7.81. The lowest BCUT2D eigenvalue weighted by atomic mass is 10.2. The van der Waals surface area contributed by atoms with Gasteiger partial charge in [-0.3, -0.25) is 4.79 Å². The molecule has 26 heavy (non-hydrogen) atoms. The predicted octanol–water partition coefficient (Wildman–Crippen LogP) is 2.17.